The number of nitrogens with zero attached hydrogens (tertiary/aromatic N) is 2. The number of hydrogen-bond acceptors (Lipinski definition) is 9. The molecule has 60 heavy (non-hydrogen) atoms. The molecule has 0 bridgehead atoms. The minimum Gasteiger partial charge on any atom is -0.344 e. The van der Waals surface area contributed by atoms with Gasteiger partial charge in [-0.15, -0.1) is 0 Å². The van der Waals surface area contributed by atoms with E-state index in [-0.39, 0.29) is 87.1 Å². The minimum atomic E-state index is -4.43. The molecule has 2 aliphatic rings. The quantitative estimate of drug-likeness (QED) is 0.0613. The van der Waals surface area contributed by atoms with Gasteiger partial charge in [0, 0.05) is 47.5 Å². The second kappa shape index (κ2) is 17.7. The second-order valence-electron chi connectivity index (χ2n) is 15.5. The number of anilines is 1. The molecule has 4 N–H and O–H groups in total. The van der Waals surface area contributed by atoms with Gasteiger partial charge < -0.3 is 4.90 Å². The second-order valence-corrected chi connectivity index (χ2v) is 21.5. The topological polar surface area (TPSA) is 224 Å². The minimum absolute atomic E-state index is 0. The molecule has 0 amide bonds. The van der Waals surface area contributed by atoms with Gasteiger partial charge in [-0.1, -0.05) is 62.4 Å². The van der Waals surface area contributed by atoms with Gasteiger partial charge >= 0.3 is 51.4 Å². The van der Waals surface area contributed by atoms with E-state index in [0.29, 0.717) is 10.8 Å². The SMILES string of the molecule is CC1(C)C(/C=C/C=C/C=C/C=C2/N(CCCS(=O)(=O)O)c3ccc4cc(S(=O)(=O)O)ccc4c3C2(C)C)=[N+](CCCS(=O)(=O)O)c2ccc3cc(S(=O)(=O)O)ccc3c21.[K+]. The first-order chi connectivity index (χ1) is 27.3. The summed E-state index contributed by atoms with van der Waals surface area (Å²) >= 11 is 0. The van der Waals surface area contributed by atoms with E-state index in [1.54, 1.807) is 24.3 Å². The van der Waals surface area contributed by atoms with E-state index in [2.05, 4.69) is 0 Å². The number of benzene rings is 4. The van der Waals surface area contributed by atoms with Crippen molar-refractivity contribution in [3.8, 4) is 0 Å². The molecular formula is C41H45KN2O12S4+2. The largest absolute Gasteiger partial charge is 1.00 e. The van der Waals surface area contributed by atoms with Gasteiger partial charge in [0.1, 0.15) is 6.54 Å². The zero-order valence-electron chi connectivity index (χ0n) is 33.6. The predicted molar refractivity (Wildman–Crippen MR) is 228 cm³/mol. The Morgan fingerprint density at radius 1 is 0.617 bits per heavy atom. The average Bonchev–Trinajstić information content (AvgIpc) is 3.47. The van der Waals surface area contributed by atoms with Crippen LogP contribution in [-0.4, -0.2) is 86.8 Å². The summed E-state index contributed by atoms with van der Waals surface area (Å²) < 4.78 is 134. The van der Waals surface area contributed by atoms with Crippen molar-refractivity contribution < 1.29 is 108 Å². The Balaban J connectivity index is 0.00000683. The fourth-order valence-corrected chi connectivity index (χ4v) is 10.3. The molecule has 2 heterocycles. The van der Waals surface area contributed by atoms with E-state index in [1.807, 2.05) is 91.8 Å². The maximum Gasteiger partial charge on any atom is 1.00 e. The van der Waals surface area contributed by atoms with Gasteiger partial charge in [-0.3, -0.25) is 18.2 Å². The smallest absolute Gasteiger partial charge is 0.344 e. The number of hydrogen-bond donors (Lipinski definition) is 4. The molecule has 19 heteroatoms. The van der Waals surface area contributed by atoms with Crippen LogP contribution in [0.25, 0.3) is 21.5 Å². The fraction of sp³-hybridized carbons (Fsp3) is 0.293. The molecule has 0 fully saturated rings. The van der Waals surface area contributed by atoms with Crippen molar-refractivity contribution >= 4 is 79.1 Å². The number of fused-ring (bicyclic) bond motifs is 6. The zero-order valence-corrected chi connectivity index (χ0v) is 40.0. The fourth-order valence-electron chi connectivity index (χ4n) is 8.24. The Labute approximate surface area is 393 Å². The van der Waals surface area contributed by atoms with Crippen LogP contribution in [0.4, 0.5) is 11.4 Å². The molecule has 0 saturated heterocycles. The van der Waals surface area contributed by atoms with Gasteiger partial charge in [0.2, 0.25) is 5.69 Å². The van der Waals surface area contributed by atoms with Gasteiger partial charge in [0.05, 0.1) is 26.7 Å². The maximum absolute atomic E-state index is 11.9. The van der Waals surface area contributed by atoms with Crippen LogP contribution in [0.2, 0.25) is 0 Å². The van der Waals surface area contributed by atoms with E-state index < -0.39 is 62.8 Å². The summed E-state index contributed by atoms with van der Waals surface area (Å²) in [5.41, 5.74) is 3.72. The molecule has 0 atom stereocenters. The predicted octanol–water partition coefficient (Wildman–Crippen LogP) is 3.77. The summed E-state index contributed by atoms with van der Waals surface area (Å²) in [6, 6.07) is 15.9. The van der Waals surface area contributed by atoms with Crippen molar-refractivity contribution in [1.82, 2.24) is 0 Å². The molecule has 0 aromatic heterocycles. The molecule has 2 aliphatic heterocycles. The summed E-state index contributed by atoms with van der Waals surface area (Å²) in [5, 5.41) is 2.71. The molecular weight excluding hydrogens is 880 g/mol. The normalized spacial score (nSPS) is 17.5. The van der Waals surface area contributed by atoms with Crippen molar-refractivity contribution in [3.63, 3.8) is 0 Å². The van der Waals surface area contributed by atoms with E-state index >= 15 is 0 Å². The van der Waals surface area contributed by atoms with Crippen molar-refractivity contribution in [2.45, 2.75) is 61.2 Å². The van der Waals surface area contributed by atoms with Crippen LogP contribution in [0.3, 0.4) is 0 Å². The molecule has 0 unspecified atom stereocenters. The third-order valence-electron chi connectivity index (χ3n) is 10.7. The Bertz CT molecular complexity index is 3010. The van der Waals surface area contributed by atoms with Crippen molar-refractivity contribution in [3.05, 3.63) is 120 Å². The van der Waals surface area contributed by atoms with Crippen molar-refractivity contribution in [1.29, 1.82) is 0 Å². The standard InChI is InChI=1S/C41H44N2O12S4.K/c1-40(2)36(42(22-10-24-56(44,45)46)34-20-14-28-26-30(58(50,51)52)16-18-32(28)38(34)40)12-8-6-5-7-9-13-37-41(3,4)39-33-19-17-31(59(53,54)55)27-29(33)15-21-35(39)43(37)23-11-25-57(47,48)49;/h5-9,12-21,26-27H,10-11,22-25H2,1-4H3,(H3-,44,45,46,47,48,49,50,51,52,53,54,55);/q;+1/p+1. The van der Waals surface area contributed by atoms with Crippen LogP contribution in [-0.2, 0) is 51.3 Å². The van der Waals surface area contributed by atoms with E-state index in [0.717, 1.165) is 44.7 Å². The molecule has 0 aliphatic carbocycles. The molecule has 314 valence electrons. The van der Waals surface area contributed by atoms with Gasteiger partial charge in [-0.2, -0.15) is 38.2 Å². The summed E-state index contributed by atoms with van der Waals surface area (Å²) in [6.45, 7) is 8.52. The van der Waals surface area contributed by atoms with Crippen LogP contribution >= 0.6 is 0 Å². The Kier molecular flexibility index (Phi) is 14.2. The molecule has 0 spiro atoms. The van der Waals surface area contributed by atoms with E-state index in [1.165, 1.54) is 24.3 Å². The van der Waals surface area contributed by atoms with Gasteiger partial charge in [-0.05, 0) is 89.9 Å². The van der Waals surface area contributed by atoms with E-state index in [9.17, 15) is 51.9 Å². The zero-order chi connectivity index (χ0) is 43.3. The number of allylic oxidation sites excluding steroid dienone is 8. The third-order valence-corrected chi connectivity index (χ3v) is 14.1. The first-order valence-corrected chi connectivity index (χ1v) is 24.5. The number of rotatable bonds is 14. The van der Waals surface area contributed by atoms with Crippen molar-refractivity contribution in [2.24, 2.45) is 0 Å². The van der Waals surface area contributed by atoms with Crippen LogP contribution < -0.4 is 56.3 Å². The summed E-state index contributed by atoms with van der Waals surface area (Å²) in [6.07, 6.45) is 13.2. The van der Waals surface area contributed by atoms with Crippen LogP contribution in [0.1, 0.15) is 51.7 Å². The Hall–Kier alpha value is -2.89. The summed E-state index contributed by atoms with van der Waals surface area (Å²) in [5.74, 6) is -0.875. The molecule has 4 aromatic carbocycles. The first-order valence-electron chi connectivity index (χ1n) is 18.5. The Morgan fingerprint density at radius 3 is 1.70 bits per heavy atom. The van der Waals surface area contributed by atoms with E-state index in [4.69, 9.17) is 0 Å². The van der Waals surface area contributed by atoms with Crippen LogP contribution in [0.5, 0.6) is 0 Å². The van der Waals surface area contributed by atoms with Crippen molar-refractivity contribution in [2.75, 3.05) is 29.5 Å². The molecule has 0 saturated carbocycles. The summed E-state index contributed by atoms with van der Waals surface area (Å²) in [7, 11) is -17.3. The molecule has 6 rings (SSSR count). The third kappa shape index (κ3) is 10.3. The van der Waals surface area contributed by atoms with Crippen LogP contribution in [0, 0.1) is 0 Å². The van der Waals surface area contributed by atoms with Gasteiger partial charge in [0.25, 0.3) is 40.5 Å². The first kappa shape index (κ1) is 48.1. The van der Waals surface area contributed by atoms with Crippen LogP contribution in [0.15, 0.2) is 119 Å². The average molecular weight is 925 g/mol. The Morgan fingerprint density at radius 2 is 1.13 bits per heavy atom. The molecule has 0 radical (unpaired) electrons. The monoisotopic (exact) mass is 924 g/mol. The summed E-state index contributed by atoms with van der Waals surface area (Å²) in [4.78, 5) is 1.50. The molecule has 14 nitrogen and oxygen atoms in total. The van der Waals surface area contributed by atoms with Gasteiger partial charge in [-0.25, -0.2) is 0 Å². The maximum atomic E-state index is 11.9. The molecule has 4 aromatic rings. The van der Waals surface area contributed by atoms with Gasteiger partial charge in [0.15, 0.2) is 5.71 Å².